The van der Waals surface area contributed by atoms with E-state index in [-0.39, 0.29) is 21.9 Å². The molecule has 0 aliphatic carbocycles. The van der Waals surface area contributed by atoms with E-state index in [0.29, 0.717) is 16.3 Å². The van der Waals surface area contributed by atoms with Gasteiger partial charge in [0.1, 0.15) is 5.75 Å². The van der Waals surface area contributed by atoms with Crippen molar-refractivity contribution in [3.05, 3.63) is 88.3 Å². The van der Waals surface area contributed by atoms with Gasteiger partial charge in [0.25, 0.3) is 15.9 Å². The predicted molar refractivity (Wildman–Crippen MR) is 147 cm³/mol. The maximum Gasteiger partial charge on any atom is 0.264 e. The number of thiophene rings is 1. The lowest BCUT2D eigenvalue weighted by Crippen LogP contribution is -2.32. The van der Waals surface area contributed by atoms with Crippen LogP contribution < -0.4 is 14.4 Å². The molecule has 0 fully saturated rings. The van der Waals surface area contributed by atoms with Crippen molar-refractivity contribution in [2.45, 2.75) is 30.7 Å². The Balaban J connectivity index is 1.48. The normalized spacial score (nSPS) is 12.3. The number of hydrogen-bond donors (Lipinski definition) is 1. The van der Waals surface area contributed by atoms with E-state index in [1.165, 1.54) is 53.6 Å². The molecule has 0 saturated heterocycles. The van der Waals surface area contributed by atoms with Gasteiger partial charge in [-0.15, -0.1) is 11.3 Å². The summed E-state index contributed by atoms with van der Waals surface area (Å²) in [6.45, 7) is 2.00. The zero-order valence-corrected chi connectivity index (χ0v) is 22.6. The summed E-state index contributed by atoms with van der Waals surface area (Å²) in [5.74, 6) is 0.269. The Morgan fingerprint density at radius 2 is 1.83 bits per heavy atom. The van der Waals surface area contributed by atoms with Gasteiger partial charge in [0.05, 0.1) is 27.6 Å². The van der Waals surface area contributed by atoms with E-state index >= 15 is 0 Å². The average Bonchev–Trinajstić information content (AvgIpc) is 3.31. The molecule has 1 atom stereocenters. The van der Waals surface area contributed by atoms with Crippen LogP contribution in [-0.2, 0) is 16.4 Å². The third-order valence-electron chi connectivity index (χ3n) is 5.96. The number of sulfonamides is 1. The maximum absolute atomic E-state index is 13.2. The molecule has 3 aromatic carbocycles. The number of ether oxygens (including phenoxy) is 1. The molecule has 0 unspecified atom stereocenters. The van der Waals surface area contributed by atoms with Crippen molar-refractivity contribution in [2.24, 2.45) is 0 Å². The first-order valence-corrected chi connectivity index (χ1v) is 14.0. The molecule has 0 aliphatic heterocycles. The van der Waals surface area contributed by atoms with Crippen LogP contribution in [0.3, 0.4) is 0 Å². The second-order valence-electron chi connectivity index (χ2n) is 8.50. The van der Waals surface area contributed by atoms with Gasteiger partial charge in [-0.1, -0.05) is 41.9 Å². The molecule has 188 valence electrons. The van der Waals surface area contributed by atoms with Crippen LogP contribution in [0.5, 0.6) is 5.75 Å². The molecule has 0 saturated carbocycles. The quantitative estimate of drug-likeness (QED) is 0.276. The molecule has 1 amide bonds. The van der Waals surface area contributed by atoms with Gasteiger partial charge >= 0.3 is 0 Å². The number of amides is 1. The number of methoxy groups -OCH3 is 1. The van der Waals surface area contributed by atoms with Gasteiger partial charge in [-0.2, -0.15) is 0 Å². The summed E-state index contributed by atoms with van der Waals surface area (Å²) >= 11 is 7.52. The van der Waals surface area contributed by atoms with Crippen LogP contribution in [0.2, 0.25) is 5.02 Å². The van der Waals surface area contributed by atoms with Crippen molar-refractivity contribution >= 4 is 54.6 Å². The Labute approximate surface area is 220 Å². The summed E-state index contributed by atoms with van der Waals surface area (Å²) in [4.78, 5) is 13.5. The molecule has 0 spiro atoms. The number of carbonyl (C=O) groups is 1. The number of fused-ring (bicyclic) bond motifs is 1. The van der Waals surface area contributed by atoms with Crippen LogP contribution in [0.15, 0.2) is 77.7 Å². The Morgan fingerprint density at radius 3 is 2.53 bits per heavy atom. The van der Waals surface area contributed by atoms with Crippen LogP contribution >= 0.6 is 22.9 Å². The Hall–Kier alpha value is -3.07. The largest absolute Gasteiger partial charge is 0.495 e. The molecule has 4 rings (SSSR count). The number of nitrogens with zero attached hydrogens (tertiary/aromatic N) is 1. The fourth-order valence-electron chi connectivity index (χ4n) is 3.84. The number of anilines is 1. The van der Waals surface area contributed by atoms with Crippen molar-refractivity contribution in [2.75, 3.05) is 18.5 Å². The van der Waals surface area contributed by atoms with Gasteiger partial charge in [-0.3, -0.25) is 9.10 Å². The smallest absolute Gasteiger partial charge is 0.264 e. The van der Waals surface area contributed by atoms with Gasteiger partial charge < -0.3 is 10.1 Å². The molecule has 0 bridgehead atoms. The van der Waals surface area contributed by atoms with Crippen LogP contribution in [-0.4, -0.2) is 34.5 Å². The van der Waals surface area contributed by atoms with Gasteiger partial charge in [-0.25, -0.2) is 8.42 Å². The number of halogens is 1. The highest BCUT2D eigenvalue weighted by Gasteiger charge is 2.23. The van der Waals surface area contributed by atoms with Crippen LogP contribution in [0.25, 0.3) is 10.1 Å². The van der Waals surface area contributed by atoms with E-state index in [1.54, 1.807) is 18.2 Å². The van der Waals surface area contributed by atoms with Gasteiger partial charge in [0.2, 0.25) is 0 Å². The average molecular weight is 543 g/mol. The summed E-state index contributed by atoms with van der Waals surface area (Å²) < 4.78 is 33.6. The van der Waals surface area contributed by atoms with E-state index < -0.39 is 10.0 Å². The molecular weight excluding hydrogens is 516 g/mol. The van der Waals surface area contributed by atoms with E-state index in [9.17, 15) is 13.2 Å². The van der Waals surface area contributed by atoms with Gasteiger partial charge in [0, 0.05) is 17.8 Å². The lowest BCUT2D eigenvalue weighted by molar-refractivity contribution is 0.0942. The molecule has 36 heavy (non-hydrogen) atoms. The van der Waals surface area contributed by atoms with Gasteiger partial charge in [-0.05, 0) is 73.2 Å². The fourth-order valence-corrected chi connectivity index (χ4v) is 6.32. The lowest BCUT2D eigenvalue weighted by atomic mass is 10.1. The predicted octanol–water partition coefficient (Wildman–Crippen LogP) is 6.14. The van der Waals surface area contributed by atoms with Gasteiger partial charge in [0.15, 0.2) is 0 Å². The third-order valence-corrected chi connectivity index (χ3v) is 9.15. The highest BCUT2D eigenvalue weighted by molar-refractivity contribution is 7.92. The molecule has 0 radical (unpaired) electrons. The Kier molecular flexibility index (Phi) is 7.88. The minimum absolute atomic E-state index is 0.0195. The summed E-state index contributed by atoms with van der Waals surface area (Å²) in [7, 11) is -0.887. The standard InChI is InChI=1S/C27H27ClN2O4S2/c1-18(9-10-19-7-5-4-6-8-19)29-27(31)26-16-20-15-21(11-14-25(20)35-26)30(2)36(32,33)22-12-13-24(34-3)23(28)17-22/h4-8,11-18H,9-10H2,1-3H3,(H,29,31)/t18-/m0/s1. The molecule has 1 heterocycles. The van der Waals surface area contributed by atoms with Crippen molar-refractivity contribution in [1.82, 2.24) is 5.32 Å². The zero-order chi connectivity index (χ0) is 25.9. The van der Waals surface area contributed by atoms with E-state index in [2.05, 4.69) is 17.4 Å². The van der Waals surface area contributed by atoms with E-state index in [4.69, 9.17) is 16.3 Å². The topological polar surface area (TPSA) is 75.7 Å². The molecule has 1 N–H and O–H groups in total. The van der Waals surface area contributed by atoms with Crippen molar-refractivity contribution in [1.29, 1.82) is 0 Å². The molecular formula is C27H27ClN2O4S2. The van der Waals surface area contributed by atoms with E-state index in [0.717, 1.165) is 22.9 Å². The van der Waals surface area contributed by atoms with Crippen molar-refractivity contribution < 1.29 is 17.9 Å². The summed E-state index contributed by atoms with van der Waals surface area (Å²) in [5.41, 5.74) is 1.72. The fraction of sp³-hybridized carbons (Fsp3) is 0.222. The van der Waals surface area contributed by atoms with Crippen molar-refractivity contribution in [3.63, 3.8) is 0 Å². The number of aryl methyl sites for hydroxylation is 1. The second-order valence-corrected chi connectivity index (χ2v) is 12.0. The third kappa shape index (κ3) is 5.67. The first-order chi connectivity index (χ1) is 17.2. The van der Waals surface area contributed by atoms with Crippen LogP contribution in [0, 0.1) is 0 Å². The number of carbonyl (C=O) groups excluding carboxylic acids is 1. The minimum atomic E-state index is -3.85. The molecule has 0 aliphatic rings. The monoisotopic (exact) mass is 542 g/mol. The summed E-state index contributed by atoms with van der Waals surface area (Å²) in [6, 6.07) is 21.7. The molecule has 9 heteroatoms. The van der Waals surface area contributed by atoms with E-state index in [1.807, 2.05) is 31.2 Å². The highest BCUT2D eigenvalue weighted by atomic mass is 35.5. The summed E-state index contributed by atoms with van der Waals surface area (Å²) in [5, 5.41) is 4.08. The Bertz CT molecular complexity index is 1490. The minimum Gasteiger partial charge on any atom is -0.495 e. The maximum atomic E-state index is 13.2. The first-order valence-electron chi connectivity index (χ1n) is 11.4. The van der Waals surface area contributed by atoms with Crippen LogP contribution in [0.4, 0.5) is 5.69 Å². The first kappa shape index (κ1) is 26.0. The number of rotatable bonds is 9. The lowest BCUT2D eigenvalue weighted by Gasteiger charge is -2.20. The SMILES string of the molecule is COc1ccc(S(=O)(=O)N(C)c2ccc3sc(C(=O)N[C@@H](C)CCc4ccccc4)cc3c2)cc1Cl. The number of hydrogen-bond acceptors (Lipinski definition) is 5. The molecule has 1 aromatic heterocycles. The second kappa shape index (κ2) is 10.9. The zero-order valence-electron chi connectivity index (χ0n) is 20.2. The molecule has 4 aromatic rings. The molecule has 6 nitrogen and oxygen atoms in total. The summed E-state index contributed by atoms with van der Waals surface area (Å²) in [6.07, 6.45) is 1.72. The Morgan fingerprint density at radius 1 is 1.08 bits per heavy atom. The number of nitrogens with one attached hydrogen (secondary N) is 1. The van der Waals surface area contributed by atoms with Crippen LogP contribution in [0.1, 0.15) is 28.6 Å². The van der Waals surface area contributed by atoms with Crippen molar-refractivity contribution in [3.8, 4) is 5.75 Å². The number of benzene rings is 3. The highest BCUT2D eigenvalue weighted by Crippen LogP contribution is 2.33.